The van der Waals surface area contributed by atoms with Gasteiger partial charge in [0.25, 0.3) is 5.91 Å². The summed E-state index contributed by atoms with van der Waals surface area (Å²) in [6, 6.07) is 8.79. The second kappa shape index (κ2) is 6.20. The van der Waals surface area contributed by atoms with Crippen LogP contribution in [0.3, 0.4) is 0 Å². The molecule has 0 spiro atoms. The van der Waals surface area contributed by atoms with Crippen LogP contribution in [0, 0.1) is 11.6 Å². The van der Waals surface area contributed by atoms with Gasteiger partial charge in [-0.25, -0.2) is 17.2 Å². The van der Waals surface area contributed by atoms with Crippen molar-refractivity contribution in [2.45, 2.75) is 6.42 Å². The Balaban J connectivity index is 1.84. The number of carbonyl (C=O) groups is 1. The van der Waals surface area contributed by atoms with E-state index in [2.05, 4.69) is 5.32 Å². The molecule has 0 atom stereocenters. The lowest BCUT2D eigenvalue weighted by atomic mass is 10.1. The molecular weight excluding hydrogens is 338 g/mol. The van der Waals surface area contributed by atoms with Crippen LogP contribution in [0.4, 0.5) is 20.2 Å². The molecule has 1 fully saturated rings. The quantitative estimate of drug-likeness (QED) is 0.924. The normalized spacial score (nSPS) is 16.2. The third kappa shape index (κ3) is 3.38. The fourth-order valence-corrected chi connectivity index (χ4v) is 4.12. The maximum absolute atomic E-state index is 13.2. The van der Waals surface area contributed by atoms with Gasteiger partial charge in [-0.05, 0) is 36.8 Å². The predicted octanol–water partition coefficient (Wildman–Crippen LogP) is 2.76. The maximum Gasteiger partial charge on any atom is 0.255 e. The zero-order valence-electron chi connectivity index (χ0n) is 12.5. The Labute approximate surface area is 138 Å². The van der Waals surface area contributed by atoms with Crippen molar-refractivity contribution in [1.29, 1.82) is 0 Å². The van der Waals surface area contributed by atoms with Gasteiger partial charge in [-0.1, -0.05) is 6.07 Å². The summed E-state index contributed by atoms with van der Waals surface area (Å²) in [7, 11) is -3.35. The van der Waals surface area contributed by atoms with E-state index < -0.39 is 27.6 Å². The number of benzene rings is 2. The molecule has 0 radical (unpaired) electrons. The number of hydrogen-bond acceptors (Lipinski definition) is 3. The highest BCUT2D eigenvalue weighted by atomic mass is 32.2. The highest BCUT2D eigenvalue weighted by Crippen LogP contribution is 2.25. The number of sulfonamides is 1. The molecule has 0 bridgehead atoms. The summed E-state index contributed by atoms with van der Waals surface area (Å²) < 4.78 is 51.5. The smallest absolute Gasteiger partial charge is 0.255 e. The van der Waals surface area contributed by atoms with E-state index >= 15 is 0 Å². The van der Waals surface area contributed by atoms with Gasteiger partial charge in [0.2, 0.25) is 10.0 Å². The van der Waals surface area contributed by atoms with Crippen molar-refractivity contribution in [3.8, 4) is 0 Å². The van der Waals surface area contributed by atoms with Gasteiger partial charge in [0.15, 0.2) is 0 Å². The van der Waals surface area contributed by atoms with Crippen LogP contribution in [0.5, 0.6) is 0 Å². The fourth-order valence-electron chi connectivity index (χ4n) is 2.56. The Hall–Kier alpha value is -2.48. The summed E-state index contributed by atoms with van der Waals surface area (Å²) >= 11 is 0. The van der Waals surface area contributed by atoms with E-state index in [0.29, 0.717) is 24.7 Å². The minimum Gasteiger partial charge on any atom is -0.322 e. The lowest BCUT2D eigenvalue weighted by Gasteiger charge is -2.17. The number of nitrogens with zero attached hydrogens (tertiary/aromatic N) is 1. The summed E-state index contributed by atoms with van der Waals surface area (Å²) in [5.41, 5.74) is 0.571. The van der Waals surface area contributed by atoms with Gasteiger partial charge in [-0.15, -0.1) is 0 Å². The number of halogens is 2. The molecule has 1 N–H and O–H groups in total. The first-order valence-electron chi connectivity index (χ1n) is 7.23. The molecule has 1 amide bonds. The van der Waals surface area contributed by atoms with E-state index in [0.717, 1.165) is 12.1 Å². The molecule has 0 aliphatic carbocycles. The SMILES string of the molecule is O=C(Nc1cc(F)cc(F)c1)c1cccc(N2CCCS2(=O)=O)c1. The molecule has 1 aliphatic heterocycles. The van der Waals surface area contributed by atoms with Crippen LogP contribution in [-0.2, 0) is 10.0 Å². The highest BCUT2D eigenvalue weighted by Gasteiger charge is 2.28. The summed E-state index contributed by atoms with van der Waals surface area (Å²) in [5.74, 6) is -2.12. The number of anilines is 2. The lowest BCUT2D eigenvalue weighted by molar-refractivity contribution is 0.102. The van der Waals surface area contributed by atoms with Crippen LogP contribution < -0.4 is 9.62 Å². The molecule has 5 nitrogen and oxygen atoms in total. The molecule has 3 rings (SSSR count). The first kappa shape index (κ1) is 16.4. The van der Waals surface area contributed by atoms with Crippen LogP contribution in [0.1, 0.15) is 16.8 Å². The van der Waals surface area contributed by atoms with Gasteiger partial charge < -0.3 is 5.32 Å². The van der Waals surface area contributed by atoms with Gasteiger partial charge in [0.1, 0.15) is 11.6 Å². The number of rotatable bonds is 3. The van der Waals surface area contributed by atoms with Crippen molar-refractivity contribution < 1.29 is 22.0 Å². The van der Waals surface area contributed by atoms with Crippen molar-refractivity contribution in [2.24, 2.45) is 0 Å². The van der Waals surface area contributed by atoms with Crippen LogP contribution in [0.2, 0.25) is 0 Å². The summed E-state index contributed by atoms with van der Waals surface area (Å²) in [4.78, 5) is 12.2. The molecule has 126 valence electrons. The first-order chi connectivity index (χ1) is 11.3. The molecule has 0 saturated carbocycles. The Bertz CT molecular complexity index is 880. The number of amides is 1. The van der Waals surface area contributed by atoms with Crippen LogP contribution in [0.25, 0.3) is 0 Å². The average molecular weight is 352 g/mol. The van der Waals surface area contributed by atoms with E-state index in [1.165, 1.54) is 16.4 Å². The summed E-state index contributed by atoms with van der Waals surface area (Å²) in [6.45, 7) is 0.364. The summed E-state index contributed by atoms with van der Waals surface area (Å²) in [5, 5.41) is 2.39. The van der Waals surface area contributed by atoms with Gasteiger partial charge in [0.05, 0.1) is 11.4 Å². The lowest BCUT2D eigenvalue weighted by Crippen LogP contribution is -2.25. The van der Waals surface area contributed by atoms with Crippen molar-refractivity contribution in [2.75, 3.05) is 21.9 Å². The molecule has 1 aliphatic rings. The highest BCUT2D eigenvalue weighted by molar-refractivity contribution is 7.93. The Kier molecular flexibility index (Phi) is 4.23. The van der Waals surface area contributed by atoms with Crippen LogP contribution in [-0.4, -0.2) is 26.6 Å². The molecule has 1 saturated heterocycles. The molecule has 2 aromatic rings. The zero-order valence-corrected chi connectivity index (χ0v) is 13.3. The van der Waals surface area contributed by atoms with Gasteiger partial charge in [-0.2, -0.15) is 0 Å². The number of hydrogen-bond donors (Lipinski definition) is 1. The minimum absolute atomic E-state index is 0.0169. The maximum atomic E-state index is 13.2. The molecular formula is C16H14F2N2O3S. The van der Waals surface area contributed by atoms with Gasteiger partial charge in [0, 0.05) is 23.9 Å². The molecule has 0 aromatic heterocycles. The topological polar surface area (TPSA) is 66.5 Å². The van der Waals surface area contributed by atoms with Crippen molar-refractivity contribution in [3.63, 3.8) is 0 Å². The van der Waals surface area contributed by atoms with E-state index in [9.17, 15) is 22.0 Å². The predicted molar refractivity (Wildman–Crippen MR) is 86.5 cm³/mol. The van der Waals surface area contributed by atoms with Crippen molar-refractivity contribution >= 4 is 27.3 Å². The second-order valence-corrected chi connectivity index (χ2v) is 7.42. The molecule has 24 heavy (non-hydrogen) atoms. The standard InChI is InChI=1S/C16H14F2N2O3S/c17-12-8-13(18)10-14(9-12)19-16(21)11-3-1-4-15(7-11)20-5-2-6-24(20,22)23/h1,3-4,7-10H,2,5-6H2,(H,19,21). The monoisotopic (exact) mass is 352 g/mol. The van der Waals surface area contributed by atoms with E-state index in [1.54, 1.807) is 12.1 Å². The van der Waals surface area contributed by atoms with Crippen LogP contribution >= 0.6 is 0 Å². The molecule has 8 heteroatoms. The second-order valence-electron chi connectivity index (χ2n) is 5.40. The Morgan fingerprint density at radius 3 is 2.42 bits per heavy atom. The third-order valence-electron chi connectivity index (χ3n) is 3.62. The van der Waals surface area contributed by atoms with Crippen molar-refractivity contribution in [3.05, 3.63) is 59.7 Å². The summed E-state index contributed by atoms with van der Waals surface area (Å²) in [6.07, 6.45) is 0.529. The van der Waals surface area contributed by atoms with E-state index in [-0.39, 0.29) is 17.0 Å². The van der Waals surface area contributed by atoms with E-state index in [1.807, 2.05) is 0 Å². The van der Waals surface area contributed by atoms with E-state index in [4.69, 9.17) is 0 Å². The molecule has 1 heterocycles. The van der Waals surface area contributed by atoms with Crippen molar-refractivity contribution in [1.82, 2.24) is 0 Å². The number of nitrogens with one attached hydrogen (secondary N) is 1. The zero-order chi connectivity index (χ0) is 17.3. The van der Waals surface area contributed by atoms with Gasteiger partial charge in [-0.3, -0.25) is 9.10 Å². The van der Waals surface area contributed by atoms with Gasteiger partial charge >= 0.3 is 0 Å². The largest absolute Gasteiger partial charge is 0.322 e. The number of carbonyl (C=O) groups excluding carboxylic acids is 1. The third-order valence-corrected chi connectivity index (χ3v) is 5.49. The average Bonchev–Trinajstić information content (AvgIpc) is 2.85. The van der Waals surface area contributed by atoms with Crippen LogP contribution in [0.15, 0.2) is 42.5 Å². The first-order valence-corrected chi connectivity index (χ1v) is 8.84. The Morgan fingerprint density at radius 2 is 1.79 bits per heavy atom. The Morgan fingerprint density at radius 1 is 1.08 bits per heavy atom. The molecule has 0 unspecified atom stereocenters. The molecule has 2 aromatic carbocycles. The minimum atomic E-state index is -3.35. The fraction of sp³-hybridized carbons (Fsp3) is 0.188.